The van der Waals surface area contributed by atoms with Crippen LogP contribution in [0.25, 0.3) is 0 Å². The van der Waals surface area contributed by atoms with Crippen molar-refractivity contribution >= 4 is 6.03 Å². The van der Waals surface area contributed by atoms with Crippen molar-refractivity contribution < 1.29 is 26.5 Å². The molecule has 0 spiro atoms. The minimum atomic E-state index is -0.951. The van der Waals surface area contributed by atoms with Crippen molar-refractivity contribution in [2.75, 3.05) is 7.11 Å². The fourth-order valence-electron chi connectivity index (χ4n) is 1.13. The van der Waals surface area contributed by atoms with E-state index in [-0.39, 0.29) is 12.4 Å². The molecule has 0 aliphatic heterocycles. The van der Waals surface area contributed by atoms with Crippen molar-refractivity contribution in [2.24, 2.45) is 5.73 Å². The van der Waals surface area contributed by atoms with Crippen LogP contribution in [0.15, 0.2) is 30.6 Å². The molecule has 1 unspecified atom stereocenters. The molecule has 0 aliphatic carbocycles. The lowest BCUT2D eigenvalue weighted by molar-refractivity contribution is -0.809. The van der Waals surface area contributed by atoms with Crippen molar-refractivity contribution in [2.45, 2.75) is 12.8 Å². The second-order valence-corrected chi connectivity index (χ2v) is 2.96. The first-order chi connectivity index (χ1) is 6.58. The Kier molecular flexibility index (Phi) is 5.04. The number of nitrogens with two attached hydrogens (primary N) is 1. The Balaban J connectivity index is 0.00000196. The fourth-order valence-corrected chi connectivity index (χ4v) is 1.13. The van der Waals surface area contributed by atoms with Gasteiger partial charge in [0.25, 0.3) is 0 Å². The summed E-state index contributed by atoms with van der Waals surface area (Å²) in [6.45, 7) is 1.71. The van der Waals surface area contributed by atoms with Crippen molar-refractivity contribution in [3.05, 3.63) is 30.6 Å². The van der Waals surface area contributed by atoms with Gasteiger partial charge in [0.2, 0.25) is 0 Å². The van der Waals surface area contributed by atoms with Crippen LogP contribution in [-0.2, 0) is 10.6 Å². The predicted octanol–water partition coefficient (Wildman–Crippen LogP) is -3.08. The lowest BCUT2D eigenvalue weighted by atomic mass is 10.4. The molecule has 0 saturated heterocycles. The molecular weight excluding hydrogens is 218 g/mol. The van der Waals surface area contributed by atoms with Gasteiger partial charge in [-0.05, 0) is 0 Å². The molecule has 2 amide bonds. The smallest absolute Gasteiger partial charge is 0.355 e. The van der Waals surface area contributed by atoms with Crippen LogP contribution in [0, 0.1) is 0 Å². The highest BCUT2D eigenvalue weighted by atomic mass is 35.5. The van der Waals surface area contributed by atoms with Crippen LogP contribution in [0.1, 0.15) is 6.92 Å². The lowest BCUT2D eigenvalue weighted by Crippen LogP contribution is -3.00. The van der Waals surface area contributed by atoms with E-state index in [1.807, 2.05) is 18.2 Å². The molecule has 1 aromatic rings. The third-order valence-corrected chi connectivity index (χ3v) is 1.96. The number of carbonyl (C=O) groups excluding carboxylic acids is 1. The van der Waals surface area contributed by atoms with Crippen LogP contribution in [-0.4, -0.2) is 13.1 Å². The van der Waals surface area contributed by atoms with Crippen molar-refractivity contribution in [3.63, 3.8) is 0 Å². The highest BCUT2D eigenvalue weighted by molar-refractivity contribution is 5.71. The zero-order valence-electron chi connectivity index (χ0n) is 8.61. The minimum absolute atomic E-state index is 0. The Bertz CT molecular complexity index is 320. The van der Waals surface area contributed by atoms with Gasteiger partial charge >= 0.3 is 11.9 Å². The number of hydrogen-bond donors (Lipinski definition) is 2. The van der Waals surface area contributed by atoms with Crippen LogP contribution < -0.4 is 28.0 Å². The molecule has 0 fully saturated rings. The normalized spacial score (nSPS) is 13.5. The molecule has 15 heavy (non-hydrogen) atoms. The summed E-state index contributed by atoms with van der Waals surface area (Å²) in [5.74, 6) is -0.951. The zero-order chi connectivity index (χ0) is 10.6. The minimum Gasteiger partial charge on any atom is -1.00 e. The van der Waals surface area contributed by atoms with E-state index < -0.39 is 11.9 Å². The van der Waals surface area contributed by atoms with Gasteiger partial charge in [-0.15, -0.1) is 0 Å². The average molecular weight is 232 g/mol. The molecule has 0 aromatic carbocycles. The second kappa shape index (κ2) is 5.53. The van der Waals surface area contributed by atoms with E-state index in [9.17, 15) is 4.79 Å². The fraction of sp³-hybridized carbons (Fsp3) is 0.333. The number of urea groups is 1. The first kappa shape index (κ1) is 13.7. The van der Waals surface area contributed by atoms with E-state index in [4.69, 9.17) is 10.5 Å². The van der Waals surface area contributed by atoms with Crippen LogP contribution >= 0.6 is 0 Å². The maximum Gasteiger partial charge on any atom is 0.355 e. The third-order valence-electron chi connectivity index (χ3n) is 1.96. The number of nitrogens with zero attached hydrogens (tertiary/aromatic N) is 1. The average Bonchev–Trinajstić information content (AvgIpc) is 2.18. The molecule has 0 aliphatic rings. The number of halogens is 1. The first-order valence-electron chi connectivity index (χ1n) is 4.18. The summed E-state index contributed by atoms with van der Waals surface area (Å²) in [4.78, 5) is 10.8. The largest absolute Gasteiger partial charge is 1.00 e. The van der Waals surface area contributed by atoms with Gasteiger partial charge < -0.3 is 22.9 Å². The monoisotopic (exact) mass is 231 g/mol. The number of rotatable bonds is 3. The number of ether oxygens (including phenoxy) is 1. The van der Waals surface area contributed by atoms with Gasteiger partial charge in [0.1, 0.15) is 0 Å². The zero-order valence-corrected chi connectivity index (χ0v) is 9.36. The van der Waals surface area contributed by atoms with E-state index in [0.717, 1.165) is 0 Å². The molecule has 0 saturated carbocycles. The second-order valence-electron chi connectivity index (χ2n) is 2.96. The van der Waals surface area contributed by atoms with Crippen LogP contribution in [0.4, 0.5) is 4.79 Å². The predicted molar refractivity (Wildman–Crippen MR) is 50.0 cm³/mol. The van der Waals surface area contributed by atoms with Crippen LogP contribution in [0.5, 0.6) is 0 Å². The third kappa shape index (κ3) is 3.38. The van der Waals surface area contributed by atoms with E-state index in [1.165, 1.54) is 7.11 Å². The van der Waals surface area contributed by atoms with Crippen LogP contribution in [0.2, 0.25) is 0 Å². The molecular formula is C9H14ClN3O2. The number of amides is 2. The van der Waals surface area contributed by atoms with Gasteiger partial charge in [0, 0.05) is 19.2 Å². The first-order valence-corrected chi connectivity index (χ1v) is 4.18. The number of hydrogen-bond acceptors (Lipinski definition) is 2. The van der Waals surface area contributed by atoms with Crippen LogP contribution in [0.3, 0.4) is 0 Å². The van der Waals surface area contributed by atoms with E-state index >= 15 is 0 Å². The number of primary amides is 1. The Hall–Kier alpha value is -1.33. The molecule has 0 radical (unpaired) electrons. The number of nitrogens with one attached hydrogen (secondary N) is 1. The molecule has 3 N–H and O–H groups in total. The molecule has 0 bridgehead atoms. The number of methoxy groups -OCH3 is 1. The Morgan fingerprint density at radius 2 is 1.93 bits per heavy atom. The van der Waals surface area contributed by atoms with E-state index in [0.29, 0.717) is 0 Å². The number of pyridine rings is 1. The SMILES string of the molecule is COC(C)(NC(N)=O)[n+]1ccccc1.[Cl-]. The highest BCUT2D eigenvalue weighted by Crippen LogP contribution is 2.02. The summed E-state index contributed by atoms with van der Waals surface area (Å²) in [6, 6.07) is 4.90. The molecule has 1 atom stereocenters. The molecule has 1 heterocycles. The Morgan fingerprint density at radius 1 is 1.40 bits per heavy atom. The van der Waals surface area contributed by atoms with Gasteiger partial charge in [0.05, 0.1) is 6.92 Å². The lowest BCUT2D eigenvalue weighted by Gasteiger charge is -2.21. The molecule has 1 rings (SSSR count). The highest BCUT2D eigenvalue weighted by Gasteiger charge is 2.35. The maximum atomic E-state index is 10.8. The van der Waals surface area contributed by atoms with E-state index in [2.05, 4.69) is 5.32 Å². The summed E-state index contributed by atoms with van der Waals surface area (Å²) >= 11 is 0. The van der Waals surface area contributed by atoms with Gasteiger partial charge in [-0.3, -0.25) is 5.32 Å². The molecule has 84 valence electrons. The summed E-state index contributed by atoms with van der Waals surface area (Å²) in [5.41, 5.74) is 5.05. The van der Waals surface area contributed by atoms with Gasteiger partial charge in [-0.25, -0.2) is 4.79 Å². The number of carbonyl (C=O) groups is 1. The summed E-state index contributed by atoms with van der Waals surface area (Å²) < 4.78 is 6.89. The summed E-state index contributed by atoms with van der Waals surface area (Å²) in [5, 5.41) is 2.50. The maximum absolute atomic E-state index is 10.8. The Morgan fingerprint density at radius 3 is 2.33 bits per heavy atom. The Labute approximate surface area is 94.6 Å². The van der Waals surface area contributed by atoms with Gasteiger partial charge in [0.15, 0.2) is 12.4 Å². The molecule has 6 heteroatoms. The standard InChI is InChI=1S/C9H13N3O2.ClH/c1-9(14-2,11-8(10)13)12-6-4-3-5-7-12;/h3-7H,1-2H3,(H2-,10,11,13);1H. The van der Waals surface area contributed by atoms with Gasteiger partial charge in [-0.2, -0.15) is 4.57 Å². The quantitative estimate of drug-likeness (QED) is 0.428. The molecule has 1 aromatic heterocycles. The summed E-state index contributed by atoms with van der Waals surface area (Å²) in [6.07, 6.45) is 3.55. The topological polar surface area (TPSA) is 68.2 Å². The van der Waals surface area contributed by atoms with Crippen molar-refractivity contribution in [1.29, 1.82) is 0 Å². The van der Waals surface area contributed by atoms with E-state index in [1.54, 1.807) is 23.9 Å². The van der Waals surface area contributed by atoms with Gasteiger partial charge in [-0.1, -0.05) is 6.07 Å². The number of aromatic nitrogens is 1. The van der Waals surface area contributed by atoms with Crippen molar-refractivity contribution in [3.8, 4) is 0 Å². The summed E-state index contributed by atoms with van der Waals surface area (Å²) in [7, 11) is 1.50. The van der Waals surface area contributed by atoms with Crippen molar-refractivity contribution in [1.82, 2.24) is 5.32 Å². The molecule has 5 nitrogen and oxygen atoms in total.